The van der Waals surface area contributed by atoms with Gasteiger partial charge in [0.2, 0.25) is 0 Å². The maximum Gasteiger partial charge on any atom is 0.255 e. The van der Waals surface area contributed by atoms with E-state index in [0.29, 0.717) is 23.5 Å². The molecule has 0 unspecified atom stereocenters. The number of aromatic amines is 1. The van der Waals surface area contributed by atoms with E-state index in [9.17, 15) is 4.79 Å². The highest BCUT2D eigenvalue weighted by Crippen LogP contribution is 2.23. The zero-order valence-corrected chi connectivity index (χ0v) is 13.2. The lowest BCUT2D eigenvalue weighted by atomic mass is 10.1. The molecule has 0 fully saturated rings. The standard InChI is InChI=1S/C18H18N4O2/c1-24-16-5-3-2-4-14(16)18(23)20-10-12-6-8-13(9-7-12)17-15(19)11-21-22-17/h2-9,11H,10,19H2,1H3,(H,20,23)(H,21,22). The van der Waals surface area contributed by atoms with Crippen molar-refractivity contribution in [3.05, 3.63) is 65.9 Å². The van der Waals surface area contributed by atoms with Gasteiger partial charge in [-0.25, -0.2) is 0 Å². The second kappa shape index (κ2) is 6.87. The number of ether oxygens (including phenoxy) is 1. The fraction of sp³-hybridized carbons (Fsp3) is 0.111. The van der Waals surface area contributed by atoms with Gasteiger partial charge in [0.15, 0.2) is 0 Å². The topological polar surface area (TPSA) is 93.0 Å². The van der Waals surface area contributed by atoms with Gasteiger partial charge in [0, 0.05) is 12.1 Å². The zero-order chi connectivity index (χ0) is 16.9. The third-order valence-electron chi connectivity index (χ3n) is 3.72. The normalized spacial score (nSPS) is 10.4. The Labute approximate surface area is 139 Å². The summed E-state index contributed by atoms with van der Waals surface area (Å²) in [5, 5.41) is 9.67. The Kier molecular flexibility index (Phi) is 4.47. The Morgan fingerprint density at radius 1 is 1.21 bits per heavy atom. The second-order valence-electron chi connectivity index (χ2n) is 5.28. The van der Waals surface area contributed by atoms with Crippen LogP contribution in [0.3, 0.4) is 0 Å². The first-order valence-corrected chi connectivity index (χ1v) is 7.48. The molecule has 6 heteroatoms. The molecule has 6 nitrogen and oxygen atoms in total. The summed E-state index contributed by atoms with van der Waals surface area (Å²) in [5.41, 5.74) is 9.68. The first-order chi connectivity index (χ1) is 11.7. The van der Waals surface area contributed by atoms with E-state index in [0.717, 1.165) is 16.8 Å². The summed E-state index contributed by atoms with van der Waals surface area (Å²) >= 11 is 0. The van der Waals surface area contributed by atoms with Crippen molar-refractivity contribution in [2.75, 3.05) is 12.8 Å². The van der Waals surface area contributed by atoms with Gasteiger partial charge in [-0.2, -0.15) is 5.10 Å². The predicted molar refractivity (Wildman–Crippen MR) is 92.6 cm³/mol. The van der Waals surface area contributed by atoms with Crippen molar-refractivity contribution in [1.82, 2.24) is 15.5 Å². The summed E-state index contributed by atoms with van der Waals surface area (Å²) in [4.78, 5) is 12.3. The minimum Gasteiger partial charge on any atom is -0.496 e. The number of nitrogens with one attached hydrogen (secondary N) is 2. The quantitative estimate of drug-likeness (QED) is 0.673. The molecule has 3 aromatic rings. The molecule has 1 aromatic heterocycles. The van der Waals surface area contributed by atoms with Crippen molar-refractivity contribution < 1.29 is 9.53 Å². The van der Waals surface area contributed by atoms with Crippen molar-refractivity contribution in [2.45, 2.75) is 6.54 Å². The van der Waals surface area contributed by atoms with Gasteiger partial charge in [-0.1, -0.05) is 36.4 Å². The smallest absolute Gasteiger partial charge is 0.255 e. The molecule has 2 aromatic carbocycles. The van der Waals surface area contributed by atoms with E-state index >= 15 is 0 Å². The Bertz CT molecular complexity index is 840. The predicted octanol–water partition coefficient (Wildman–Crippen LogP) is 2.60. The van der Waals surface area contributed by atoms with E-state index in [1.807, 2.05) is 30.3 Å². The lowest BCUT2D eigenvalue weighted by Gasteiger charge is -2.09. The number of carbonyl (C=O) groups is 1. The molecule has 0 aliphatic heterocycles. The fourth-order valence-corrected chi connectivity index (χ4v) is 2.43. The van der Waals surface area contributed by atoms with Crippen molar-refractivity contribution in [1.29, 1.82) is 0 Å². The van der Waals surface area contributed by atoms with Crippen LogP contribution in [0.25, 0.3) is 11.3 Å². The summed E-state index contributed by atoms with van der Waals surface area (Å²) in [7, 11) is 1.55. The van der Waals surface area contributed by atoms with Crippen LogP contribution >= 0.6 is 0 Å². The van der Waals surface area contributed by atoms with Gasteiger partial charge in [-0.3, -0.25) is 9.89 Å². The number of nitrogens with zero attached hydrogens (tertiary/aromatic N) is 1. The number of amides is 1. The number of anilines is 1. The number of hydrogen-bond donors (Lipinski definition) is 3. The van der Waals surface area contributed by atoms with Gasteiger partial charge < -0.3 is 15.8 Å². The maximum absolute atomic E-state index is 12.3. The average Bonchev–Trinajstić information content (AvgIpc) is 3.06. The number of aromatic nitrogens is 2. The molecule has 0 aliphatic rings. The highest BCUT2D eigenvalue weighted by molar-refractivity contribution is 5.96. The molecule has 0 atom stereocenters. The maximum atomic E-state index is 12.3. The van der Waals surface area contributed by atoms with Crippen molar-refractivity contribution >= 4 is 11.6 Å². The lowest BCUT2D eigenvalue weighted by Crippen LogP contribution is -2.23. The van der Waals surface area contributed by atoms with Gasteiger partial charge in [0.1, 0.15) is 5.75 Å². The van der Waals surface area contributed by atoms with Gasteiger partial charge >= 0.3 is 0 Å². The van der Waals surface area contributed by atoms with Crippen molar-refractivity contribution in [2.24, 2.45) is 0 Å². The minimum absolute atomic E-state index is 0.172. The number of benzene rings is 2. The van der Waals surface area contributed by atoms with Crippen LogP contribution in [0.1, 0.15) is 15.9 Å². The number of carbonyl (C=O) groups excluding carboxylic acids is 1. The number of methoxy groups -OCH3 is 1. The fourth-order valence-electron chi connectivity index (χ4n) is 2.43. The summed E-state index contributed by atoms with van der Waals surface area (Å²) in [6, 6.07) is 14.9. The molecule has 0 aliphatic carbocycles. The molecule has 3 rings (SSSR count). The van der Waals surface area contributed by atoms with Crippen LogP contribution < -0.4 is 15.8 Å². The molecule has 0 bridgehead atoms. The van der Waals surface area contributed by atoms with E-state index in [1.165, 1.54) is 0 Å². The van der Waals surface area contributed by atoms with Crippen LogP contribution in [0.2, 0.25) is 0 Å². The van der Waals surface area contributed by atoms with Gasteiger partial charge in [-0.15, -0.1) is 0 Å². The lowest BCUT2D eigenvalue weighted by molar-refractivity contribution is 0.0948. The Morgan fingerprint density at radius 3 is 2.62 bits per heavy atom. The van der Waals surface area contributed by atoms with E-state index in [1.54, 1.807) is 31.5 Å². The SMILES string of the molecule is COc1ccccc1C(=O)NCc1ccc(-c2[nH]ncc2N)cc1. The van der Waals surface area contributed by atoms with Crippen LogP contribution in [-0.2, 0) is 6.54 Å². The van der Waals surface area contributed by atoms with Crippen molar-refractivity contribution in [3.63, 3.8) is 0 Å². The number of H-pyrrole nitrogens is 1. The first-order valence-electron chi connectivity index (χ1n) is 7.48. The molecule has 0 radical (unpaired) electrons. The summed E-state index contributed by atoms with van der Waals surface area (Å²) in [6.07, 6.45) is 1.58. The van der Waals surface area contributed by atoms with Crippen molar-refractivity contribution in [3.8, 4) is 17.0 Å². The molecule has 24 heavy (non-hydrogen) atoms. The van der Waals surface area contributed by atoms with Gasteiger partial charge in [0.25, 0.3) is 5.91 Å². The molecule has 1 amide bonds. The average molecular weight is 322 g/mol. The number of nitrogens with two attached hydrogens (primary N) is 1. The monoisotopic (exact) mass is 322 g/mol. The molecule has 0 saturated heterocycles. The van der Waals surface area contributed by atoms with Crippen LogP contribution in [0.5, 0.6) is 5.75 Å². The first kappa shape index (κ1) is 15.6. The Balaban J connectivity index is 1.67. The number of rotatable bonds is 5. The van der Waals surface area contributed by atoms with Crippen LogP contribution in [0, 0.1) is 0 Å². The molecule has 0 saturated carbocycles. The largest absolute Gasteiger partial charge is 0.496 e. The summed E-state index contributed by atoms with van der Waals surface area (Å²) in [6.45, 7) is 0.426. The zero-order valence-electron chi connectivity index (χ0n) is 13.2. The Morgan fingerprint density at radius 2 is 1.96 bits per heavy atom. The van der Waals surface area contributed by atoms with E-state index in [-0.39, 0.29) is 5.91 Å². The molecule has 4 N–H and O–H groups in total. The van der Waals surface area contributed by atoms with Crippen LogP contribution in [0.4, 0.5) is 5.69 Å². The summed E-state index contributed by atoms with van der Waals surface area (Å²) < 4.78 is 5.20. The second-order valence-corrected chi connectivity index (χ2v) is 5.28. The molecular weight excluding hydrogens is 304 g/mol. The number of para-hydroxylation sites is 1. The molecular formula is C18H18N4O2. The van der Waals surface area contributed by atoms with E-state index in [4.69, 9.17) is 10.5 Å². The molecule has 1 heterocycles. The number of hydrogen-bond acceptors (Lipinski definition) is 4. The highest BCUT2D eigenvalue weighted by Gasteiger charge is 2.11. The minimum atomic E-state index is -0.172. The van der Waals surface area contributed by atoms with Crippen LogP contribution in [-0.4, -0.2) is 23.2 Å². The third kappa shape index (κ3) is 3.22. The van der Waals surface area contributed by atoms with E-state index < -0.39 is 0 Å². The van der Waals surface area contributed by atoms with E-state index in [2.05, 4.69) is 15.5 Å². The van der Waals surface area contributed by atoms with Crippen LogP contribution in [0.15, 0.2) is 54.7 Å². The third-order valence-corrected chi connectivity index (χ3v) is 3.72. The van der Waals surface area contributed by atoms with Gasteiger partial charge in [0.05, 0.1) is 30.3 Å². The Hall–Kier alpha value is -3.28. The molecule has 0 spiro atoms. The highest BCUT2D eigenvalue weighted by atomic mass is 16.5. The molecule has 122 valence electrons. The number of nitrogen functional groups attached to an aromatic ring is 1. The van der Waals surface area contributed by atoms with Gasteiger partial charge in [-0.05, 0) is 17.7 Å². The summed E-state index contributed by atoms with van der Waals surface area (Å²) in [5.74, 6) is 0.384.